The molecule has 0 N–H and O–H groups in total. The summed E-state index contributed by atoms with van der Waals surface area (Å²) in [5.74, 6) is 0. The Bertz CT molecular complexity index is 140. The SMILES string of the molecule is CCCCCCCCCCCCCON=O. The first-order chi connectivity index (χ1) is 7.91. The summed E-state index contributed by atoms with van der Waals surface area (Å²) in [5.41, 5.74) is 0. The molecular weight excluding hydrogens is 202 g/mol. The fourth-order valence-corrected chi connectivity index (χ4v) is 1.87. The molecule has 16 heavy (non-hydrogen) atoms. The fraction of sp³-hybridized carbons (Fsp3) is 1.00. The standard InChI is InChI=1S/C13H27NO2/c1-2-3-4-5-6-7-8-9-10-11-12-13-16-14-15/h2-13H2,1H3. The maximum absolute atomic E-state index is 9.61. The summed E-state index contributed by atoms with van der Waals surface area (Å²) in [6.45, 7) is 2.74. The summed E-state index contributed by atoms with van der Waals surface area (Å²) in [7, 11) is 0. The predicted octanol–water partition coefficient (Wildman–Crippen LogP) is 5.00. The molecule has 3 nitrogen and oxygen atoms in total. The number of rotatable bonds is 13. The molecule has 0 heterocycles. The molecule has 96 valence electrons. The molecule has 3 heteroatoms. The Morgan fingerprint density at radius 1 is 0.750 bits per heavy atom. The van der Waals surface area contributed by atoms with Gasteiger partial charge in [-0.05, 0) is 12.8 Å². The minimum atomic E-state index is 0.487. The van der Waals surface area contributed by atoms with E-state index in [2.05, 4.69) is 17.1 Å². The average Bonchev–Trinajstić information content (AvgIpc) is 2.31. The summed E-state index contributed by atoms with van der Waals surface area (Å²) in [6, 6.07) is 0. The highest BCUT2D eigenvalue weighted by Crippen LogP contribution is 2.11. The lowest BCUT2D eigenvalue weighted by molar-refractivity contribution is 0.135. The molecule has 0 spiro atoms. The van der Waals surface area contributed by atoms with Crippen LogP contribution >= 0.6 is 0 Å². The number of hydrogen-bond donors (Lipinski definition) is 0. The quantitative estimate of drug-likeness (QED) is 0.253. The molecule has 0 rings (SSSR count). The molecule has 0 bridgehead atoms. The van der Waals surface area contributed by atoms with Crippen molar-refractivity contribution in [3.63, 3.8) is 0 Å². The summed E-state index contributed by atoms with van der Waals surface area (Å²) < 4.78 is 0. The van der Waals surface area contributed by atoms with E-state index < -0.39 is 0 Å². The van der Waals surface area contributed by atoms with E-state index in [1.165, 1.54) is 57.8 Å². The van der Waals surface area contributed by atoms with Gasteiger partial charge in [-0.25, -0.2) is 0 Å². The van der Waals surface area contributed by atoms with Crippen molar-refractivity contribution in [1.82, 2.24) is 0 Å². The molecular formula is C13H27NO2. The third-order valence-electron chi connectivity index (χ3n) is 2.89. The highest BCUT2D eigenvalue weighted by Gasteiger charge is 1.93. The largest absolute Gasteiger partial charge is 0.364 e. The minimum absolute atomic E-state index is 0.487. The van der Waals surface area contributed by atoms with Gasteiger partial charge in [0.05, 0.1) is 0 Å². The van der Waals surface area contributed by atoms with Crippen LogP contribution < -0.4 is 0 Å². The van der Waals surface area contributed by atoms with Crippen molar-refractivity contribution >= 4 is 0 Å². The van der Waals surface area contributed by atoms with Crippen LogP contribution in [-0.4, -0.2) is 6.61 Å². The van der Waals surface area contributed by atoms with E-state index in [0.717, 1.165) is 12.8 Å². The first-order valence-corrected chi connectivity index (χ1v) is 6.86. The lowest BCUT2D eigenvalue weighted by atomic mass is 10.1. The van der Waals surface area contributed by atoms with E-state index in [9.17, 15) is 4.91 Å². The maximum atomic E-state index is 9.61. The Morgan fingerprint density at radius 2 is 1.19 bits per heavy atom. The average molecular weight is 229 g/mol. The molecule has 0 amide bonds. The third kappa shape index (κ3) is 13.4. The molecule has 0 aromatic rings. The lowest BCUT2D eigenvalue weighted by Gasteiger charge is -2.01. The molecule has 0 aliphatic rings. The van der Waals surface area contributed by atoms with Gasteiger partial charge in [0, 0.05) is 0 Å². The third-order valence-corrected chi connectivity index (χ3v) is 2.89. The van der Waals surface area contributed by atoms with Crippen LogP contribution in [-0.2, 0) is 4.84 Å². The van der Waals surface area contributed by atoms with Crippen LogP contribution in [0, 0.1) is 4.91 Å². The summed E-state index contributed by atoms with van der Waals surface area (Å²) in [4.78, 5) is 14.0. The van der Waals surface area contributed by atoms with Crippen molar-refractivity contribution in [2.45, 2.75) is 77.6 Å². The zero-order valence-electron chi connectivity index (χ0n) is 10.7. The molecule has 0 unspecified atom stereocenters. The zero-order valence-corrected chi connectivity index (χ0v) is 10.7. The normalized spacial score (nSPS) is 10.3. The van der Waals surface area contributed by atoms with Crippen LogP contribution in [0.1, 0.15) is 77.6 Å². The highest BCUT2D eigenvalue weighted by molar-refractivity contribution is 4.47. The molecule has 0 atom stereocenters. The molecule has 0 aliphatic heterocycles. The smallest absolute Gasteiger partial charge is 0.155 e. The van der Waals surface area contributed by atoms with E-state index in [-0.39, 0.29) is 0 Å². The van der Waals surface area contributed by atoms with Crippen molar-refractivity contribution in [3.8, 4) is 0 Å². The van der Waals surface area contributed by atoms with Gasteiger partial charge in [0.1, 0.15) is 6.61 Å². The van der Waals surface area contributed by atoms with Gasteiger partial charge in [-0.15, -0.1) is 4.91 Å². The molecule has 0 saturated heterocycles. The molecule has 0 saturated carbocycles. The van der Waals surface area contributed by atoms with E-state index in [4.69, 9.17) is 0 Å². The van der Waals surface area contributed by atoms with Crippen LogP contribution in [0.5, 0.6) is 0 Å². The van der Waals surface area contributed by atoms with Gasteiger partial charge in [0.25, 0.3) is 0 Å². The second-order valence-corrected chi connectivity index (χ2v) is 4.44. The van der Waals surface area contributed by atoms with Crippen LogP contribution in [0.3, 0.4) is 0 Å². The van der Waals surface area contributed by atoms with Gasteiger partial charge in [0.2, 0.25) is 0 Å². The van der Waals surface area contributed by atoms with Crippen molar-refractivity contribution in [3.05, 3.63) is 4.91 Å². The van der Waals surface area contributed by atoms with Crippen molar-refractivity contribution in [1.29, 1.82) is 0 Å². The van der Waals surface area contributed by atoms with Gasteiger partial charge in [-0.3, -0.25) is 0 Å². The Kier molecular flexibility index (Phi) is 13.9. The van der Waals surface area contributed by atoms with E-state index in [1.54, 1.807) is 0 Å². The number of nitrogens with zero attached hydrogens (tertiary/aromatic N) is 1. The van der Waals surface area contributed by atoms with Crippen molar-refractivity contribution in [2.75, 3.05) is 6.61 Å². The van der Waals surface area contributed by atoms with Gasteiger partial charge in [-0.2, -0.15) is 0 Å². The predicted molar refractivity (Wildman–Crippen MR) is 68.2 cm³/mol. The Morgan fingerprint density at radius 3 is 1.62 bits per heavy atom. The highest BCUT2D eigenvalue weighted by atomic mass is 16.7. The maximum Gasteiger partial charge on any atom is 0.155 e. The Balaban J connectivity index is 2.85. The van der Waals surface area contributed by atoms with E-state index in [0.29, 0.717) is 6.61 Å². The van der Waals surface area contributed by atoms with Crippen molar-refractivity contribution in [2.24, 2.45) is 5.34 Å². The lowest BCUT2D eigenvalue weighted by Crippen LogP contribution is -1.87. The first kappa shape index (κ1) is 15.4. The molecule has 0 fully saturated rings. The zero-order chi connectivity index (χ0) is 11.9. The fourth-order valence-electron chi connectivity index (χ4n) is 1.87. The van der Waals surface area contributed by atoms with Gasteiger partial charge in [0.15, 0.2) is 5.34 Å². The number of unbranched alkanes of at least 4 members (excludes halogenated alkanes) is 10. The van der Waals surface area contributed by atoms with Gasteiger partial charge in [-0.1, -0.05) is 64.7 Å². The van der Waals surface area contributed by atoms with Crippen LogP contribution in [0.2, 0.25) is 0 Å². The summed E-state index contributed by atoms with van der Waals surface area (Å²) in [6.07, 6.45) is 14.4. The molecule has 0 aromatic heterocycles. The van der Waals surface area contributed by atoms with Crippen LogP contribution in [0.4, 0.5) is 0 Å². The molecule has 0 aliphatic carbocycles. The minimum Gasteiger partial charge on any atom is -0.364 e. The van der Waals surface area contributed by atoms with E-state index in [1.807, 2.05) is 0 Å². The number of hydrogen-bond acceptors (Lipinski definition) is 3. The Labute approximate surface area is 99.9 Å². The van der Waals surface area contributed by atoms with Gasteiger partial charge < -0.3 is 4.84 Å². The summed E-state index contributed by atoms with van der Waals surface area (Å²) in [5, 5.41) is 2.37. The van der Waals surface area contributed by atoms with Crippen molar-refractivity contribution < 1.29 is 4.84 Å². The monoisotopic (exact) mass is 229 g/mol. The van der Waals surface area contributed by atoms with Gasteiger partial charge >= 0.3 is 0 Å². The van der Waals surface area contributed by atoms with Crippen LogP contribution in [0.15, 0.2) is 5.34 Å². The van der Waals surface area contributed by atoms with E-state index >= 15 is 0 Å². The Hall–Kier alpha value is -0.600. The molecule has 0 radical (unpaired) electrons. The molecule has 0 aromatic carbocycles. The summed E-state index contributed by atoms with van der Waals surface area (Å²) >= 11 is 0. The second kappa shape index (κ2) is 14.4. The first-order valence-electron chi connectivity index (χ1n) is 6.86. The van der Waals surface area contributed by atoms with Crippen LogP contribution in [0.25, 0.3) is 0 Å². The second-order valence-electron chi connectivity index (χ2n) is 4.44. The topological polar surface area (TPSA) is 38.7 Å².